The summed E-state index contributed by atoms with van der Waals surface area (Å²) in [5.41, 5.74) is 1.25. The number of anilines is 2. The predicted octanol–water partition coefficient (Wildman–Crippen LogP) is 1.68. The standard InChI is InChI=1S/C17H18N6O/c1-22-5-7-23(8-6-22)16-4-3-14(9-17(16)24-2)21-15(12-20)13(10-18)11-19/h3-4,9,21H,5-8H2,1-2H3. The van der Waals surface area contributed by atoms with Crippen LogP contribution in [-0.4, -0.2) is 45.2 Å². The van der Waals surface area contributed by atoms with Crippen LogP contribution in [0.15, 0.2) is 29.5 Å². The van der Waals surface area contributed by atoms with Gasteiger partial charge in [-0.3, -0.25) is 0 Å². The zero-order valence-corrected chi connectivity index (χ0v) is 13.7. The Bertz CT molecular complexity index is 741. The van der Waals surface area contributed by atoms with E-state index in [9.17, 15) is 0 Å². The third kappa shape index (κ3) is 3.76. The number of hydrogen-bond acceptors (Lipinski definition) is 7. The van der Waals surface area contributed by atoms with Gasteiger partial charge < -0.3 is 19.9 Å². The quantitative estimate of drug-likeness (QED) is 0.842. The Balaban J connectivity index is 2.27. The largest absolute Gasteiger partial charge is 0.495 e. The lowest BCUT2D eigenvalue weighted by molar-refractivity contribution is 0.311. The highest BCUT2D eigenvalue weighted by molar-refractivity contribution is 5.68. The molecule has 1 aromatic rings. The molecule has 24 heavy (non-hydrogen) atoms. The van der Waals surface area contributed by atoms with E-state index in [0.29, 0.717) is 11.4 Å². The first kappa shape index (κ1) is 17.1. The van der Waals surface area contributed by atoms with Gasteiger partial charge in [0, 0.05) is 37.9 Å². The monoisotopic (exact) mass is 322 g/mol. The van der Waals surface area contributed by atoms with Gasteiger partial charge in [0.05, 0.1) is 12.8 Å². The van der Waals surface area contributed by atoms with Gasteiger partial charge in [-0.25, -0.2) is 0 Å². The van der Waals surface area contributed by atoms with E-state index in [1.807, 2.05) is 12.1 Å². The molecule has 0 atom stereocenters. The van der Waals surface area contributed by atoms with Crippen molar-refractivity contribution in [2.45, 2.75) is 0 Å². The van der Waals surface area contributed by atoms with Gasteiger partial charge in [-0.05, 0) is 19.2 Å². The van der Waals surface area contributed by atoms with Crippen molar-refractivity contribution in [2.24, 2.45) is 0 Å². The van der Waals surface area contributed by atoms with Crippen LogP contribution in [-0.2, 0) is 0 Å². The van der Waals surface area contributed by atoms with E-state index in [-0.39, 0.29) is 11.3 Å². The van der Waals surface area contributed by atoms with Gasteiger partial charge in [-0.2, -0.15) is 15.8 Å². The first-order chi connectivity index (χ1) is 11.6. The average Bonchev–Trinajstić information content (AvgIpc) is 2.62. The summed E-state index contributed by atoms with van der Waals surface area (Å²) in [6.45, 7) is 3.79. The summed E-state index contributed by atoms with van der Waals surface area (Å²) in [7, 11) is 3.69. The molecule has 1 aliphatic heterocycles. The third-order valence-electron chi connectivity index (χ3n) is 3.88. The van der Waals surface area contributed by atoms with Gasteiger partial charge in [-0.15, -0.1) is 0 Å². The highest BCUT2D eigenvalue weighted by Crippen LogP contribution is 2.32. The van der Waals surface area contributed by atoms with Crippen LogP contribution in [0, 0.1) is 34.0 Å². The minimum atomic E-state index is -0.250. The van der Waals surface area contributed by atoms with Gasteiger partial charge >= 0.3 is 0 Å². The molecule has 1 saturated heterocycles. The van der Waals surface area contributed by atoms with Crippen LogP contribution in [0.3, 0.4) is 0 Å². The summed E-state index contributed by atoms with van der Waals surface area (Å²) in [6.07, 6.45) is 0. The second-order valence-electron chi connectivity index (χ2n) is 5.39. The van der Waals surface area contributed by atoms with E-state index in [4.69, 9.17) is 20.5 Å². The van der Waals surface area contributed by atoms with Crippen molar-refractivity contribution in [3.8, 4) is 24.0 Å². The topological polar surface area (TPSA) is 99.1 Å². The van der Waals surface area contributed by atoms with Crippen LogP contribution in [0.4, 0.5) is 11.4 Å². The number of likely N-dealkylation sites (N-methyl/N-ethyl adjacent to an activating group) is 1. The molecular weight excluding hydrogens is 304 g/mol. The number of nitrogens with zero attached hydrogens (tertiary/aromatic N) is 5. The Morgan fingerprint density at radius 2 is 1.75 bits per heavy atom. The average molecular weight is 322 g/mol. The number of hydrogen-bond donors (Lipinski definition) is 1. The molecule has 0 aromatic heterocycles. The number of nitrogens with one attached hydrogen (secondary N) is 1. The summed E-state index contributed by atoms with van der Waals surface area (Å²) < 4.78 is 5.47. The number of piperazine rings is 1. The van der Waals surface area contributed by atoms with Gasteiger partial charge in [0.15, 0.2) is 5.57 Å². The highest BCUT2D eigenvalue weighted by atomic mass is 16.5. The van der Waals surface area contributed by atoms with Gasteiger partial charge in [-0.1, -0.05) is 0 Å². The van der Waals surface area contributed by atoms with Crippen LogP contribution in [0.1, 0.15) is 0 Å². The second kappa shape index (κ2) is 7.87. The van der Waals surface area contributed by atoms with E-state index < -0.39 is 0 Å². The molecule has 0 amide bonds. The molecule has 1 aliphatic rings. The highest BCUT2D eigenvalue weighted by Gasteiger charge is 2.18. The van der Waals surface area contributed by atoms with Gasteiger partial charge in [0.2, 0.25) is 0 Å². The summed E-state index contributed by atoms with van der Waals surface area (Å²) in [6, 6.07) is 10.7. The first-order valence-corrected chi connectivity index (χ1v) is 7.46. The number of allylic oxidation sites excluding steroid dienone is 2. The zero-order chi connectivity index (χ0) is 17.5. The lowest BCUT2D eigenvalue weighted by atomic mass is 10.2. The molecule has 7 heteroatoms. The molecule has 0 radical (unpaired) electrons. The van der Waals surface area contributed by atoms with Crippen molar-refractivity contribution in [2.75, 3.05) is 50.6 Å². The number of nitriles is 3. The molecule has 122 valence electrons. The number of methoxy groups -OCH3 is 1. The van der Waals surface area contributed by atoms with E-state index in [0.717, 1.165) is 31.9 Å². The molecule has 0 unspecified atom stereocenters. The Hall–Kier alpha value is -3.21. The molecule has 0 aliphatic carbocycles. The van der Waals surface area contributed by atoms with Crippen LogP contribution >= 0.6 is 0 Å². The molecule has 1 heterocycles. The number of benzene rings is 1. The Morgan fingerprint density at radius 3 is 2.29 bits per heavy atom. The van der Waals surface area contributed by atoms with Crippen molar-refractivity contribution in [1.82, 2.24) is 4.90 Å². The van der Waals surface area contributed by atoms with Crippen molar-refractivity contribution >= 4 is 11.4 Å². The van der Waals surface area contributed by atoms with Crippen LogP contribution in [0.25, 0.3) is 0 Å². The van der Waals surface area contributed by atoms with Crippen LogP contribution in [0.2, 0.25) is 0 Å². The fourth-order valence-electron chi connectivity index (χ4n) is 2.49. The van der Waals surface area contributed by atoms with E-state index in [1.54, 1.807) is 31.4 Å². The minimum absolute atomic E-state index is 0.0746. The molecule has 2 rings (SSSR count). The number of rotatable bonds is 4. The van der Waals surface area contributed by atoms with Crippen molar-refractivity contribution in [1.29, 1.82) is 15.8 Å². The molecule has 0 spiro atoms. The van der Waals surface area contributed by atoms with E-state index >= 15 is 0 Å². The van der Waals surface area contributed by atoms with E-state index in [1.165, 1.54) is 0 Å². The summed E-state index contributed by atoms with van der Waals surface area (Å²) in [4.78, 5) is 4.52. The van der Waals surface area contributed by atoms with Crippen molar-refractivity contribution in [3.05, 3.63) is 29.5 Å². The number of ether oxygens (including phenoxy) is 1. The van der Waals surface area contributed by atoms with E-state index in [2.05, 4.69) is 22.2 Å². The molecule has 7 nitrogen and oxygen atoms in total. The zero-order valence-electron chi connectivity index (χ0n) is 13.7. The lowest BCUT2D eigenvalue weighted by Crippen LogP contribution is -2.44. The van der Waals surface area contributed by atoms with Gasteiger partial charge in [0.25, 0.3) is 0 Å². The molecule has 1 N–H and O–H groups in total. The molecule has 1 aromatic carbocycles. The summed E-state index contributed by atoms with van der Waals surface area (Å²) in [5.74, 6) is 0.678. The fourth-order valence-corrected chi connectivity index (χ4v) is 2.49. The molecule has 1 fully saturated rings. The maximum atomic E-state index is 9.11. The Labute approximate surface area is 141 Å². The maximum absolute atomic E-state index is 9.11. The summed E-state index contributed by atoms with van der Waals surface area (Å²) in [5, 5.41) is 29.7. The van der Waals surface area contributed by atoms with Gasteiger partial charge in [0.1, 0.15) is 29.7 Å². The maximum Gasteiger partial charge on any atom is 0.163 e. The Kier molecular flexibility index (Phi) is 5.63. The normalized spacial score (nSPS) is 14.0. The Morgan fingerprint density at radius 1 is 1.08 bits per heavy atom. The fraction of sp³-hybridized carbons (Fsp3) is 0.353. The third-order valence-corrected chi connectivity index (χ3v) is 3.88. The smallest absolute Gasteiger partial charge is 0.163 e. The molecule has 0 bridgehead atoms. The van der Waals surface area contributed by atoms with Crippen molar-refractivity contribution < 1.29 is 4.74 Å². The summed E-state index contributed by atoms with van der Waals surface area (Å²) >= 11 is 0. The lowest BCUT2D eigenvalue weighted by Gasteiger charge is -2.34. The predicted molar refractivity (Wildman–Crippen MR) is 90.2 cm³/mol. The van der Waals surface area contributed by atoms with Crippen LogP contribution < -0.4 is 15.0 Å². The molecular formula is C17H18N6O. The first-order valence-electron chi connectivity index (χ1n) is 7.46. The second-order valence-corrected chi connectivity index (χ2v) is 5.39. The minimum Gasteiger partial charge on any atom is -0.495 e. The molecule has 0 saturated carbocycles. The van der Waals surface area contributed by atoms with Crippen LogP contribution in [0.5, 0.6) is 5.75 Å². The SMILES string of the molecule is COc1cc(NC(C#N)=C(C#N)C#N)ccc1N1CCN(C)CC1. The van der Waals surface area contributed by atoms with Crippen molar-refractivity contribution in [3.63, 3.8) is 0 Å².